The number of hydrogen-bond donors (Lipinski definition) is 1. The lowest BCUT2D eigenvalue weighted by Crippen LogP contribution is -2.34. The topological polar surface area (TPSA) is 87.7 Å². The highest BCUT2D eigenvalue weighted by Crippen LogP contribution is 2.30. The standard InChI is InChI=1S/C21H17FN4O3/c1-26-18-10-14(22)7-8-19(18)29-12-17(21(26)28)23-20(27)16-11-15(24-25-16)9-13-5-3-2-4-6-13/h2-8,10-11H,9,12H2,1H3,(H,24,25)/b23-17+. The molecule has 7 nitrogen and oxygen atoms in total. The number of hydrogen-bond acceptors (Lipinski definition) is 4. The third-order valence-corrected chi connectivity index (χ3v) is 4.52. The van der Waals surface area contributed by atoms with Crippen LogP contribution in [0.15, 0.2) is 59.6 Å². The van der Waals surface area contributed by atoms with Gasteiger partial charge in [-0.05, 0) is 23.8 Å². The van der Waals surface area contributed by atoms with Gasteiger partial charge in [0, 0.05) is 25.2 Å². The van der Waals surface area contributed by atoms with E-state index in [0.29, 0.717) is 12.2 Å². The molecule has 1 aliphatic heterocycles. The Labute approximate surface area is 165 Å². The number of halogens is 1. The molecule has 0 bridgehead atoms. The number of nitrogens with one attached hydrogen (secondary N) is 1. The molecular formula is C21H17FN4O3. The van der Waals surface area contributed by atoms with Gasteiger partial charge in [0.15, 0.2) is 5.69 Å². The highest BCUT2D eigenvalue weighted by atomic mass is 19.1. The number of fused-ring (bicyclic) bond motifs is 1. The van der Waals surface area contributed by atoms with Crippen LogP contribution >= 0.6 is 0 Å². The first-order valence-corrected chi connectivity index (χ1v) is 8.92. The minimum Gasteiger partial charge on any atom is -0.485 e. The second-order valence-corrected chi connectivity index (χ2v) is 6.57. The number of aliphatic imine (C=N–C) groups is 1. The molecule has 0 radical (unpaired) electrons. The smallest absolute Gasteiger partial charge is 0.298 e. The lowest BCUT2D eigenvalue weighted by molar-refractivity contribution is -0.112. The highest BCUT2D eigenvalue weighted by molar-refractivity contribution is 6.46. The molecule has 0 saturated carbocycles. The van der Waals surface area contributed by atoms with E-state index in [9.17, 15) is 14.0 Å². The van der Waals surface area contributed by atoms with Crippen molar-refractivity contribution in [2.45, 2.75) is 6.42 Å². The van der Waals surface area contributed by atoms with Crippen molar-refractivity contribution in [1.29, 1.82) is 0 Å². The first-order chi connectivity index (χ1) is 14.0. The number of carbonyl (C=O) groups is 2. The fourth-order valence-corrected chi connectivity index (χ4v) is 3.02. The van der Waals surface area contributed by atoms with E-state index >= 15 is 0 Å². The molecule has 0 unspecified atom stereocenters. The number of anilines is 1. The maximum atomic E-state index is 13.5. The van der Waals surface area contributed by atoms with Crippen molar-refractivity contribution < 1.29 is 18.7 Å². The second-order valence-electron chi connectivity index (χ2n) is 6.57. The number of ether oxygens (including phenoxy) is 1. The van der Waals surface area contributed by atoms with Gasteiger partial charge in [-0.25, -0.2) is 9.38 Å². The van der Waals surface area contributed by atoms with Crippen LogP contribution in [0.25, 0.3) is 0 Å². The Bertz CT molecular complexity index is 1110. The number of aromatic amines is 1. The van der Waals surface area contributed by atoms with Crippen LogP contribution in [0.3, 0.4) is 0 Å². The van der Waals surface area contributed by atoms with Gasteiger partial charge in [-0.3, -0.25) is 14.7 Å². The molecule has 0 spiro atoms. The SMILES string of the molecule is CN1C(=O)/C(=N/C(=O)c2cc(Cc3ccccc3)[nH]n2)COc2ccc(F)cc21. The molecule has 3 aromatic rings. The van der Waals surface area contributed by atoms with Crippen LogP contribution < -0.4 is 9.64 Å². The average Bonchev–Trinajstić information content (AvgIpc) is 3.16. The minimum atomic E-state index is -0.655. The number of nitrogens with zero attached hydrogens (tertiary/aromatic N) is 3. The summed E-state index contributed by atoms with van der Waals surface area (Å²) in [5.41, 5.74) is 2.12. The minimum absolute atomic E-state index is 0.0817. The molecule has 2 heterocycles. The quantitative estimate of drug-likeness (QED) is 0.743. The van der Waals surface area contributed by atoms with E-state index in [1.54, 1.807) is 6.07 Å². The van der Waals surface area contributed by atoms with Crippen LogP contribution in [0.1, 0.15) is 21.7 Å². The van der Waals surface area contributed by atoms with E-state index in [1.165, 1.54) is 30.1 Å². The van der Waals surface area contributed by atoms with E-state index in [4.69, 9.17) is 4.74 Å². The molecule has 1 N–H and O–H groups in total. The lowest BCUT2D eigenvalue weighted by atomic mass is 10.1. The lowest BCUT2D eigenvalue weighted by Gasteiger charge is -2.15. The molecule has 4 rings (SSSR count). The Morgan fingerprint density at radius 1 is 1.24 bits per heavy atom. The normalized spacial score (nSPS) is 15.0. The van der Waals surface area contributed by atoms with Crippen LogP contribution in [-0.4, -0.2) is 41.4 Å². The van der Waals surface area contributed by atoms with Crippen molar-refractivity contribution in [3.05, 3.63) is 77.4 Å². The summed E-state index contributed by atoms with van der Waals surface area (Å²) in [6.45, 7) is -0.200. The predicted octanol–water partition coefficient (Wildman–Crippen LogP) is 2.78. The zero-order valence-electron chi connectivity index (χ0n) is 15.6. The number of amides is 2. The second kappa shape index (κ2) is 7.67. The van der Waals surface area contributed by atoms with Gasteiger partial charge in [0.1, 0.15) is 23.9 Å². The first kappa shape index (κ1) is 18.5. The van der Waals surface area contributed by atoms with Gasteiger partial charge in [0.25, 0.3) is 11.8 Å². The number of aromatic nitrogens is 2. The highest BCUT2D eigenvalue weighted by Gasteiger charge is 2.27. The third-order valence-electron chi connectivity index (χ3n) is 4.52. The summed E-state index contributed by atoms with van der Waals surface area (Å²) in [5, 5.41) is 6.82. The fourth-order valence-electron chi connectivity index (χ4n) is 3.02. The number of rotatable bonds is 3. The molecule has 0 saturated heterocycles. The van der Waals surface area contributed by atoms with Crippen molar-refractivity contribution in [2.75, 3.05) is 18.6 Å². The largest absolute Gasteiger partial charge is 0.485 e. The molecule has 1 aliphatic rings. The number of benzene rings is 2. The fraction of sp³-hybridized carbons (Fsp3) is 0.143. The first-order valence-electron chi connectivity index (χ1n) is 8.92. The summed E-state index contributed by atoms with van der Waals surface area (Å²) in [7, 11) is 1.47. The van der Waals surface area contributed by atoms with E-state index in [-0.39, 0.29) is 23.7 Å². The van der Waals surface area contributed by atoms with Crippen molar-refractivity contribution in [1.82, 2.24) is 10.2 Å². The Morgan fingerprint density at radius 2 is 2.03 bits per heavy atom. The molecule has 2 amide bonds. The van der Waals surface area contributed by atoms with Crippen molar-refractivity contribution >= 4 is 23.2 Å². The van der Waals surface area contributed by atoms with E-state index in [0.717, 1.165) is 11.3 Å². The van der Waals surface area contributed by atoms with Gasteiger partial charge >= 0.3 is 0 Å². The monoisotopic (exact) mass is 392 g/mol. The van der Waals surface area contributed by atoms with Crippen molar-refractivity contribution in [2.24, 2.45) is 4.99 Å². The maximum Gasteiger partial charge on any atom is 0.298 e. The molecule has 0 fully saturated rings. The van der Waals surface area contributed by atoms with Gasteiger partial charge in [0.2, 0.25) is 0 Å². The van der Waals surface area contributed by atoms with Gasteiger partial charge in [0.05, 0.1) is 5.69 Å². The van der Waals surface area contributed by atoms with Crippen LogP contribution in [0.2, 0.25) is 0 Å². The van der Waals surface area contributed by atoms with Crippen molar-refractivity contribution in [3.63, 3.8) is 0 Å². The van der Waals surface area contributed by atoms with Gasteiger partial charge in [-0.15, -0.1) is 0 Å². The van der Waals surface area contributed by atoms with Crippen molar-refractivity contribution in [3.8, 4) is 5.75 Å². The maximum absolute atomic E-state index is 13.5. The molecule has 8 heteroatoms. The van der Waals surface area contributed by atoms with Gasteiger partial charge < -0.3 is 9.64 Å². The molecule has 0 aliphatic carbocycles. The Hall–Kier alpha value is -3.81. The summed E-state index contributed by atoms with van der Waals surface area (Å²) in [6, 6.07) is 15.2. The zero-order valence-corrected chi connectivity index (χ0v) is 15.6. The third kappa shape index (κ3) is 3.91. The Kier molecular flexibility index (Phi) is 4.90. The molecule has 2 aromatic carbocycles. The summed E-state index contributed by atoms with van der Waals surface area (Å²) in [4.78, 5) is 30.3. The van der Waals surface area contributed by atoms with Crippen LogP contribution in [-0.2, 0) is 11.2 Å². The van der Waals surface area contributed by atoms with Crippen LogP contribution in [0.4, 0.5) is 10.1 Å². The summed E-state index contributed by atoms with van der Waals surface area (Å²) >= 11 is 0. The average molecular weight is 392 g/mol. The van der Waals surface area contributed by atoms with E-state index < -0.39 is 17.6 Å². The summed E-state index contributed by atoms with van der Waals surface area (Å²) < 4.78 is 19.1. The molecule has 146 valence electrons. The summed E-state index contributed by atoms with van der Waals surface area (Å²) in [6.07, 6.45) is 0.587. The molecule has 1 aromatic heterocycles. The Balaban J connectivity index is 1.54. The number of carbonyl (C=O) groups excluding carboxylic acids is 2. The zero-order chi connectivity index (χ0) is 20.4. The molecule has 0 atom stereocenters. The van der Waals surface area contributed by atoms with Crippen LogP contribution in [0.5, 0.6) is 5.75 Å². The molecule has 29 heavy (non-hydrogen) atoms. The van der Waals surface area contributed by atoms with Crippen LogP contribution in [0, 0.1) is 5.82 Å². The van der Waals surface area contributed by atoms with Gasteiger partial charge in [-0.2, -0.15) is 5.10 Å². The number of H-pyrrole nitrogens is 1. The van der Waals surface area contributed by atoms with Gasteiger partial charge in [-0.1, -0.05) is 30.3 Å². The van der Waals surface area contributed by atoms with E-state index in [1.807, 2.05) is 30.3 Å². The summed E-state index contributed by atoms with van der Waals surface area (Å²) in [5.74, 6) is -1.35. The molecular weight excluding hydrogens is 375 g/mol. The Morgan fingerprint density at radius 3 is 2.83 bits per heavy atom. The van der Waals surface area contributed by atoms with E-state index in [2.05, 4.69) is 15.2 Å². The predicted molar refractivity (Wildman–Crippen MR) is 105 cm³/mol.